The topological polar surface area (TPSA) is 246 Å². The predicted octanol–water partition coefficient (Wildman–Crippen LogP) is 27.9. The van der Waals surface area contributed by atoms with E-state index in [1.807, 2.05) is 14.0 Å². The van der Waals surface area contributed by atoms with Crippen LogP contribution in [0.25, 0.3) is 0 Å². The standard InChI is InChI=1S/C43H71NO6.C41H67NO6.C40H67NO6/c1-4-5-6-7-8-9-10-11-12-13-14-15-16-17-18-19-40(45)48-31-38(33-50-42(47)39-20-22-44(23-21-39)34(2)3)32-49-41(46)30-43-27-35-24-36(28-43)26-37(25-35)29-43;1-2-3-4-5-6-7-8-9-10-11-12-13-14-15-16-19-38(43)46-31-37(32-47-39(44)20-23-42-21-17-18-22-42)33-48-40(45)30-41-27-34-24-35(28-41)26-36(25-34)29-41;1-4-6-7-8-9-10-11-12-13-14-15-16-17-18-19-20-37(42)45-30-36(31-46-38(43)21-22-41(3)5-2)32-47-39(44)29-40-26-33-23-34(27-40)25-35(24-33)28-40/h8-9,11-12,34-39H,4-7,10,13-33H2,1-3H3;6-7,9-10,34-37H,2-5,8,11-33H2,1H3;9-10,12-13,33-36H,4-8,11,14-32H2,1-3H3/b9-8-,12-11-;7-6-,10-9-;10-9-,13-12-. The smallest absolute Gasteiger partial charge is 0.309 e. The SMILES string of the molecule is CCCCC/C=C\C/C=C\CCCCCCCC(=O)OCC(COC(=O)CC12CC3CC(CC(C3)C1)C2)COC(=O)C1CCN(C(C)C)CC1.CCCCC/C=C\C/C=C\CCCCCCCC(=O)OCC(COC(=O)CCN(C)CC)COC(=O)CC12CC3CC(CC(C3)C1)C2.CCCCC/C=C\C/C=C\CCCCCCCC(=O)OCC(COC(=O)CCN1CCCC1)COC(=O)CC12CC3CC(CC(C3)C1)C2. The first-order chi connectivity index (χ1) is 70.5. The van der Waals surface area contributed by atoms with Crippen LogP contribution in [0.15, 0.2) is 72.9 Å². The van der Waals surface area contributed by atoms with Crippen molar-refractivity contribution in [2.24, 2.45) is 93.2 Å². The Morgan fingerprint density at radius 1 is 0.297 bits per heavy atom. The van der Waals surface area contributed by atoms with Gasteiger partial charge in [-0.1, -0.05) is 197 Å². The highest BCUT2D eigenvalue weighted by atomic mass is 16.6. The summed E-state index contributed by atoms with van der Waals surface area (Å²) in [6.45, 7) is 20.1. The van der Waals surface area contributed by atoms with Crippen molar-refractivity contribution in [3.8, 4) is 0 Å². The van der Waals surface area contributed by atoms with E-state index in [1.54, 1.807) is 0 Å². The van der Waals surface area contributed by atoms with Crippen molar-refractivity contribution in [2.75, 3.05) is 112 Å². The third-order valence-electron chi connectivity index (χ3n) is 34.0. The van der Waals surface area contributed by atoms with E-state index in [2.05, 4.69) is 122 Å². The number of likely N-dealkylation sites (tertiary alicyclic amines) is 2. The monoisotopic (exact) mass is 2020 g/mol. The van der Waals surface area contributed by atoms with E-state index in [1.165, 1.54) is 205 Å². The molecule has 0 aromatic rings. The molecular formula is C124H205N3O18. The van der Waals surface area contributed by atoms with Crippen LogP contribution in [0, 0.1) is 93.2 Å². The summed E-state index contributed by atoms with van der Waals surface area (Å²) in [6.07, 6.45) is 94.7. The third-order valence-corrected chi connectivity index (χ3v) is 34.0. The van der Waals surface area contributed by atoms with Gasteiger partial charge < -0.3 is 57.3 Å². The highest BCUT2D eigenvalue weighted by molar-refractivity contribution is 5.74. The van der Waals surface area contributed by atoms with Crippen LogP contribution < -0.4 is 0 Å². The first-order valence-corrected chi connectivity index (χ1v) is 59.9. The Bertz CT molecular complexity index is 3720. The summed E-state index contributed by atoms with van der Waals surface area (Å²) >= 11 is 0. The molecule has 0 aromatic heterocycles. The van der Waals surface area contributed by atoms with Crippen LogP contribution in [0.3, 0.4) is 0 Å². The van der Waals surface area contributed by atoms with Gasteiger partial charge in [0, 0.05) is 38.4 Å². The average molecular weight is 2030 g/mol. The summed E-state index contributed by atoms with van der Waals surface area (Å²) in [5.74, 6) is 4.00. The molecule has 14 fully saturated rings. The number of unbranched alkanes of at least 4 members (excludes halogenated alkanes) is 24. The first-order valence-electron chi connectivity index (χ1n) is 59.9. The van der Waals surface area contributed by atoms with E-state index in [9.17, 15) is 43.2 Å². The minimum Gasteiger partial charge on any atom is -0.465 e. The quantitative estimate of drug-likeness (QED) is 0.0238. The van der Waals surface area contributed by atoms with Gasteiger partial charge in [-0.15, -0.1) is 0 Å². The van der Waals surface area contributed by atoms with Gasteiger partial charge in [0.2, 0.25) is 0 Å². The lowest BCUT2D eigenvalue weighted by Gasteiger charge is -2.56. The molecule has 14 aliphatic rings. The van der Waals surface area contributed by atoms with Crippen molar-refractivity contribution in [1.82, 2.24) is 14.7 Å². The van der Waals surface area contributed by atoms with Crippen LogP contribution in [0.5, 0.6) is 0 Å². The molecule has 21 heteroatoms. The molecular weight excluding hydrogens is 1820 g/mol. The van der Waals surface area contributed by atoms with Gasteiger partial charge in [0.25, 0.3) is 0 Å². The van der Waals surface area contributed by atoms with Gasteiger partial charge in [0.05, 0.1) is 55.8 Å². The van der Waals surface area contributed by atoms with Crippen molar-refractivity contribution < 1.29 is 85.8 Å². The van der Waals surface area contributed by atoms with Gasteiger partial charge in [-0.3, -0.25) is 43.2 Å². The number of nitrogens with zero attached hydrogens (tertiary/aromatic N) is 3. The number of hydrogen-bond donors (Lipinski definition) is 0. The molecule has 0 aromatic carbocycles. The fourth-order valence-corrected chi connectivity index (χ4v) is 27.0. The Kier molecular flexibility index (Phi) is 60.1. The summed E-state index contributed by atoms with van der Waals surface area (Å²) in [5, 5.41) is 0. The van der Waals surface area contributed by atoms with Gasteiger partial charge in [-0.2, -0.15) is 0 Å². The van der Waals surface area contributed by atoms with Crippen molar-refractivity contribution in [3.63, 3.8) is 0 Å². The second-order valence-corrected chi connectivity index (χ2v) is 47.8. The number of carbonyl (C=O) groups excluding carboxylic acids is 9. The molecule has 2 aliphatic heterocycles. The van der Waals surface area contributed by atoms with Crippen molar-refractivity contribution in [1.29, 1.82) is 0 Å². The third kappa shape index (κ3) is 51.0. The normalized spacial score (nSPS) is 25.2. The van der Waals surface area contributed by atoms with Crippen LogP contribution in [-0.2, 0) is 85.8 Å². The average Bonchev–Trinajstić information content (AvgIpc) is 1.54. The van der Waals surface area contributed by atoms with E-state index >= 15 is 0 Å². The van der Waals surface area contributed by atoms with Gasteiger partial charge in [-0.05, 0) is 380 Å². The molecule has 0 radical (unpaired) electrons. The molecule has 2 heterocycles. The molecule has 21 nitrogen and oxygen atoms in total. The van der Waals surface area contributed by atoms with E-state index in [-0.39, 0.29) is 153 Å². The van der Waals surface area contributed by atoms with E-state index < -0.39 is 0 Å². The minimum absolute atomic E-state index is 0.0797. The zero-order valence-corrected chi connectivity index (χ0v) is 92.6. The van der Waals surface area contributed by atoms with Gasteiger partial charge >= 0.3 is 53.7 Å². The second-order valence-electron chi connectivity index (χ2n) is 47.8. The number of hydrogen-bond acceptors (Lipinski definition) is 21. The van der Waals surface area contributed by atoms with Crippen LogP contribution in [-0.4, -0.2) is 187 Å². The summed E-state index contributed by atoms with van der Waals surface area (Å²) in [4.78, 5) is 122. The molecule has 12 aliphatic carbocycles. The zero-order valence-electron chi connectivity index (χ0n) is 92.6. The molecule has 0 N–H and O–H groups in total. The first kappa shape index (κ1) is 122. The lowest BCUT2D eigenvalue weighted by molar-refractivity contribution is -0.161. The lowest BCUT2D eigenvalue weighted by Crippen LogP contribution is -2.47. The maximum Gasteiger partial charge on any atom is 0.309 e. The molecule has 0 spiro atoms. The molecule has 12 bridgehead atoms. The number of esters is 9. The molecule has 0 amide bonds. The summed E-state index contributed by atoms with van der Waals surface area (Å²) < 4.78 is 51.2. The Morgan fingerprint density at radius 3 is 0.821 bits per heavy atom. The molecule has 824 valence electrons. The van der Waals surface area contributed by atoms with E-state index in [0.29, 0.717) is 70.5 Å². The van der Waals surface area contributed by atoms with E-state index in [4.69, 9.17) is 42.6 Å². The maximum absolute atomic E-state index is 13.2. The Labute approximate surface area is 879 Å². The maximum atomic E-state index is 13.2. The number of ether oxygens (including phenoxy) is 9. The fraction of sp³-hybridized carbons (Fsp3) is 0.831. The van der Waals surface area contributed by atoms with Crippen LogP contribution in [0.2, 0.25) is 0 Å². The van der Waals surface area contributed by atoms with Gasteiger partial charge in [0.15, 0.2) is 0 Å². The fourth-order valence-electron chi connectivity index (χ4n) is 27.0. The number of rotatable bonds is 75. The Balaban J connectivity index is 0.000000242. The van der Waals surface area contributed by atoms with E-state index in [0.717, 1.165) is 234 Å². The lowest BCUT2D eigenvalue weighted by atomic mass is 9.49. The number of carbonyl (C=O) groups is 9. The Hall–Kier alpha value is -6.45. The molecule has 2 saturated heterocycles. The highest BCUT2D eigenvalue weighted by Gasteiger charge is 2.55. The highest BCUT2D eigenvalue weighted by Crippen LogP contribution is 2.64. The van der Waals surface area contributed by atoms with Crippen LogP contribution in [0.4, 0.5) is 0 Å². The summed E-state index contributed by atoms with van der Waals surface area (Å²) in [6, 6.07) is 0.476. The van der Waals surface area contributed by atoms with Crippen molar-refractivity contribution in [3.05, 3.63) is 72.9 Å². The van der Waals surface area contributed by atoms with Crippen LogP contribution in [0.1, 0.15) is 446 Å². The molecule has 12 saturated carbocycles. The van der Waals surface area contributed by atoms with Crippen LogP contribution >= 0.6 is 0 Å². The Morgan fingerprint density at radius 2 is 0.545 bits per heavy atom. The summed E-state index contributed by atoms with van der Waals surface area (Å²) in [5.41, 5.74) is 0.358. The van der Waals surface area contributed by atoms with Gasteiger partial charge in [-0.25, -0.2) is 0 Å². The molecule has 3 atom stereocenters. The predicted molar refractivity (Wildman–Crippen MR) is 580 cm³/mol. The van der Waals surface area contributed by atoms with Gasteiger partial charge in [0.1, 0.15) is 59.5 Å². The van der Waals surface area contributed by atoms with Crippen molar-refractivity contribution in [2.45, 2.75) is 452 Å². The van der Waals surface area contributed by atoms with Crippen molar-refractivity contribution >= 4 is 53.7 Å². The number of piperidine rings is 1. The largest absolute Gasteiger partial charge is 0.465 e. The number of allylic oxidation sites excluding steroid dienone is 12. The molecule has 14 rings (SSSR count). The minimum atomic E-state index is -0.364. The summed E-state index contributed by atoms with van der Waals surface area (Å²) in [7, 11) is 1.97. The molecule has 3 unspecified atom stereocenters. The molecule has 145 heavy (non-hydrogen) atoms. The second kappa shape index (κ2) is 71.4. The zero-order chi connectivity index (χ0) is 103.